The molecule has 2 aromatic carbocycles. The molecule has 9 nitrogen and oxygen atoms in total. The molecule has 3 heterocycles. The van der Waals surface area contributed by atoms with Crippen molar-refractivity contribution in [3.8, 4) is 5.75 Å². The molecule has 5 rings (SSSR count). The average Bonchev–Trinajstić information content (AvgIpc) is 3.37. The summed E-state index contributed by atoms with van der Waals surface area (Å²) in [4.78, 5) is 29.4. The number of nitrogens with one attached hydrogen (secondary N) is 1. The molecule has 1 unspecified atom stereocenters. The van der Waals surface area contributed by atoms with Crippen LogP contribution in [0.3, 0.4) is 0 Å². The van der Waals surface area contributed by atoms with Gasteiger partial charge < -0.3 is 24.6 Å². The van der Waals surface area contributed by atoms with Crippen molar-refractivity contribution in [2.45, 2.75) is 19.2 Å². The highest BCUT2D eigenvalue weighted by Crippen LogP contribution is 2.34. The van der Waals surface area contributed by atoms with Gasteiger partial charge in [-0.3, -0.25) is 9.59 Å². The van der Waals surface area contributed by atoms with Crippen LogP contribution >= 0.6 is 11.3 Å². The van der Waals surface area contributed by atoms with Gasteiger partial charge in [-0.15, -0.1) is 10.2 Å². The van der Waals surface area contributed by atoms with E-state index in [1.807, 2.05) is 29.2 Å². The Kier molecular flexibility index (Phi) is 6.87. The Morgan fingerprint density at radius 2 is 1.86 bits per heavy atom. The summed E-state index contributed by atoms with van der Waals surface area (Å²) in [6.07, 6.45) is -0.644. The standard InChI is InChI=1S/C24H24FN5O4S/c25-17-7-5-16(6-8-17)13-26-22(31)23-28-27-21(35-23)15-30-14-20(24(32)29-9-11-33-12-10-29)34-19-4-2-1-3-18(19)30/h1-8,20H,9-15H2,(H,26,31). The predicted octanol–water partition coefficient (Wildman–Crippen LogP) is 2.23. The minimum atomic E-state index is -0.644. The van der Waals surface area contributed by atoms with E-state index in [4.69, 9.17) is 9.47 Å². The van der Waals surface area contributed by atoms with Crippen molar-refractivity contribution in [3.63, 3.8) is 0 Å². The summed E-state index contributed by atoms with van der Waals surface area (Å²) < 4.78 is 24.5. The summed E-state index contributed by atoms with van der Waals surface area (Å²) in [5.74, 6) is -0.105. The zero-order chi connectivity index (χ0) is 24.2. The van der Waals surface area contributed by atoms with Crippen LogP contribution in [0.25, 0.3) is 0 Å². The van der Waals surface area contributed by atoms with E-state index in [-0.39, 0.29) is 29.2 Å². The quantitative estimate of drug-likeness (QED) is 0.558. The minimum absolute atomic E-state index is 0.0640. The molecule has 2 amide bonds. The molecule has 1 saturated heterocycles. The number of halogens is 1. The largest absolute Gasteiger partial charge is 0.477 e. The first-order valence-corrected chi connectivity index (χ1v) is 12.1. The van der Waals surface area contributed by atoms with Crippen LogP contribution in [-0.4, -0.2) is 65.9 Å². The molecule has 1 N–H and O–H groups in total. The topological polar surface area (TPSA) is 96.9 Å². The van der Waals surface area contributed by atoms with Crippen LogP contribution in [0.1, 0.15) is 20.4 Å². The lowest BCUT2D eigenvalue weighted by Crippen LogP contribution is -2.52. The fourth-order valence-corrected chi connectivity index (χ4v) is 4.78. The third kappa shape index (κ3) is 5.41. The second-order valence-corrected chi connectivity index (χ2v) is 9.26. The van der Waals surface area contributed by atoms with Crippen LogP contribution in [0.15, 0.2) is 48.5 Å². The van der Waals surface area contributed by atoms with Crippen molar-refractivity contribution in [1.82, 2.24) is 20.4 Å². The van der Waals surface area contributed by atoms with Crippen molar-refractivity contribution >= 4 is 28.8 Å². The van der Waals surface area contributed by atoms with Gasteiger partial charge in [-0.25, -0.2) is 4.39 Å². The Morgan fingerprint density at radius 3 is 2.66 bits per heavy atom. The molecule has 2 aliphatic rings. The lowest BCUT2D eigenvalue weighted by Gasteiger charge is -2.37. The van der Waals surface area contributed by atoms with Crippen molar-refractivity contribution in [3.05, 3.63) is 69.9 Å². The molecule has 0 spiro atoms. The van der Waals surface area contributed by atoms with Crippen molar-refractivity contribution in [2.24, 2.45) is 0 Å². The molecule has 1 fully saturated rings. The molecule has 0 saturated carbocycles. The van der Waals surface area contributed by atoms with Crippen molar-refractivity contribution < 1.29 is 23.5 Å². The van der Waals surface area contributed by atoms with Crippen LogP contribution in [0.2, 0.25) is 0 Å². The highest BCUT2D eigenvalue weighted by atomic mass is 32.1. The second-order valence-electron chi connectivity index (χ2n) is 8.20. The molecule has 0 aliphatic carbocycles. The Balaban J connectivity index is 1.26. The summed E-state index contributed by atoms with van der Waals surface area (Å²) in [5, 5.41) is 11.9. The van der Waals surface area contributed by atoms with Gasteiger partial charge in [-0.05, 0) is 29.8 Å². The third-order valence-electron chi connectivity index (χ3n) is 5.81. The number of anilines is 1. The van der Waals surface area contributed by atoms with Gasteiger partial charge in [0.2, 0.25) is 5.01 Å². The van der Waals surface area contributed by atoms with E-state index in [1.165, 1.54) is 23.5 Å². The summed E-state index contributed by atoms with van der Waals surface area (Å²) >= 11 is 1.20. The van der Waals surface area contributed by atoms with Gasteiger partial charge in [0.15, 0.2) is 6.10 Å². The Labute approximate surface area is 205 Å². The molecule has 1 aromatic heterocycles. The van der Waals surface area contributed by atoms with Gasteiger partial charge in [0.25, 0.3) is 11.8 Å². The normalized spacial score (nSPS) is 17.5. The molecular weight excluding hydrogens is 473 g/mol. The number of aromatic nitrogens is 2. The van der Waals surface area contributed by atoms with Gasteiger partial charge in [0.05, 0.1) is 32.0 Å². The molecule has 11 heteroatoms. The smallest absolute Gasteiger partial charge is 0.282 e. The fourth-order valence-electron chi connectivity index (χ4n) is 4.01. The number of carbonyl (C=O) groups is 2. The average molecular weight is 498 g/mol. The van der Waals surface area contributed by atoms with Gasteiger partial charge in [-0.2, -0.15) is 0 Å². The second kappa shape index (κ2) is 10.4. The number of carbonyl (C=O) groups excluding carboxylic acids is 2. The number of nitrogens with zero attached hydrogens (tertiary/aromatic N) is 4. The Hall–Kier alpha value is -3.57. The van der Waals surface area contributed by atoms with E-state index in [9.17, 15) is 14.0 Å². The summed E-state index contributed by atoms with van der Waals surface area (Å²) in [6, 6.07) is 13.5. The van der Waals surface area contributed by atoms with E-state index in [2.05, 4.69) is 15.5 Å². The Bertz CT molecular complexity index is 1200. The highest BCUT2D eigenvalue weighted by Gasteiger charge is 2.34. The highest BCUT2D eigenvalue weighted by molar-refractivity contribution is 7.13. The molecular formula is C24H24FN5O4S. The van der Waals surface area contributed by atoms with Crippen LogP contribution in [0, 0.1) is 5.82 Å². The first-order chi connectivity index (χ1) is 17.1. The molecule has 0 radical (unpaired) electrons. The van der Waals surface area contributed by atoms with Crippen molar-refractivity contribution in [2.75, 3.05) is 37.7 Å². The Morgan fingerprint density at radius 1 is 1.09 bits per heavy atom. The summed E-state index contributed by atoms with van der Waals surface area (Å²) in [7, 11) is 0. The lowest BCUT2D eigenvalue weighted by atomic mass is 10.1. The van der Waals surface area contributed by atoms with Gasteiger partial charge in [0, 0.05) is 19.6 Å². The predicted molar refractivity (Wildman–Crippen MR) is 127 cm³/mol. The van der Waals surface area contributed by atoms with Crippen LogP contribution in [0.4, 0.5) is 10.1 Å². The van der Waals surface area contributed by atoms with E-state index in [0.717, 1.165) is 11.3 Å². The molecule has 1 atom stereocenters. The fraction of sp³-hybridized carbons (Fsp3) is 0.333. The molecule has 182 valence electrons. The summed E-state index contributed by atoms with van der Waals surface area (Å²) in [6.45, 7) is 3.15. The number of morpholine rings is 1. The lowest BCUT2D eigenvalue weighted by molar-refractivity contribution is -0.142. The number of benzene rings is 2. The van der Waals surface area contributed by atoms with Crippen LogP contribution in [0.5, 0.6) is 5.75 Å². The maximum Gasteiger partial charge on any atom is 0.282 e. The van der Waals surface area contributed by atoms with E-state index in [0.29, 0.717) is 50.1 Å². The number of amides is 2. The zero-order valence-electron chi connectivity index (χ0n) is 18.9. The van der Waals surface area contributed by atoms with E-state index < -0.39 is 6.10 Å². The zero-order valence-corrected chi connectivity index (χ0v) is 19.7. The SMILES string of the molecule is O=C(NCc1ccc(F)cc1)c1nnc(CN2CC(C(=O)N3CCOCC3)Oc3ccccc32)s1. The van der Waals surface area contributed by atoms with Crippen LogP contribution in [-0.2, 0) is 22.6 Å². The first kappa shape index (κ1) is 23.2. The number of hydrogen-bond acceptors (Lipinski definition) is 8. The van der Waals surface area contributed by atoms with Crippen molar-refractivity contribution in [1.29, 1.82) is 0 Å². The van der Waals surface area contributed by atoms with Crippen LogP contribution < -0.4 is 15.0 Å². The number of ether oxygens (including phenoxy) is 2. The number of fused-ring (bicyclic) bond motifs is 1. The molecule has 3 aromatic rings. The molecule has 0 bridgehead atoms. The first-order valence-electron chi connectivity index (χ1n) is 11.3. The summed E-state index contributed by atoms with van der Waals surface area (Å²) in [5.41, 5.74) is 1.64. The maximum absolute atomic E-state index is 13.1. The van der Waals surface area contributed by atoms with Gasteiger partial charge in [0.1, 0.15) is 16.6 Å². The third-order valence-corrected chi connectivity index (χ3v) is 6.72. The molecule has 2 aliphatic heterocycles. The maximum atomic E-state index is 13.1. The van der Waals surface area contributed by atoms with E-state index >= 15 is 0 Å². The van der Waals surface area contributed by atoms with Gasteiger partial charge >= 0.3 is 0 Å². The number of hydrogen-bond donors (Lipinski definition) is 1. The number of para-hydroxylation sites is 2. The molecule has 35 heavy (non-hydrogen) atoms. The minimum Gasteiger partial charge on any atom is -0.477 e. The van der Waals surface area contributed by atoms with Gasteiger partial charge in [-0.1, -0.05) is 35.6 Å². The number of rotatable bonds is 6. The van der Waals surface area contributed by atoms with E-state index in [1.54, 1.807) is 17.0 Å². The monoisotopic (exact) mass is 497 g/mol.